The smallest absolute Gasteiger partial charge is 0.335 e. The van der Waals surface area contributed by atoms with Gasteiger partial charge in [0.2, 0.25) is 5.91 Å². The van der Waals surface area contributed by atoms with Crippen molar-refractivity contribution in [3.8, 4) is 5.69 Å². The maximum Gasteiger partial charge on any atom is 0.335 e. The molecule has 4 aromatic rings. The number of methoxy groups -OCH3 is 1. The third kappa shape index (κ3) is 6.48. The van der Waals surface area contributed by atoms with E-state index in [-0.39, 0.29) is 40.9 Å². The van der Waals surface area contributed by atoms with E-state index in [2.05, 4.69) is 20.8 Å². The molecule has 15 heteroatoms. The average molecular weight is 648 g/mol. The van der Waals surface area contributed by atoms with Gasteiger partial charge in [0.15, 0.2) is 5.82 Å². The second-order valence-electron chi connectivity index (χ2n) is 10.2. The van der Waals surface area contributed by atoms with Gasteiger partial charge in [0, 0.05) is 43.7 Å². The van der Waals surface area contributed by atoms with Gasteiger partial charge in [-0.15, -0.1) is 5.10 Å². The highest BCUT2D eigenvalue weighted by molar-refractivity contribution is 6.31. The van der Waals surface area contributed by atoms with Gasteiger partial charge in [-0.1, -0.05) is 23.7 Å². The Bertz CT molecular complexity index is 1830. The summed E-state index contributed by atoms with van der Waals surface area (Å²) in [6.45, 7) is -0.0774. The number of halogens is 2. The van der Waals surface area contributed by atoms with Gasteiger partial charge in [-0.2, -0.15) is 4.68 Å². The first-order chi connectivity index (χ1) is 22.1. The van der Waals surface area contributed by atoms with Crippen LogP contribution in [0.25, 0.3) is 11.8 Å². The average Bonchev–Trinajstić information content (AvgIpc) is 3.59. The highest BCUT2D eigenvalue weighted by Crippen LogP contribution is 2.37. The maximum atomic E-state index is 15.2. The Morgan fingerprint density at radius 1 is 1.15 bits per heavy atom. The summed E-state index contributed by atoms with van der Waals surface area (Å²) in [6, 6.07) is 12.3. The van der Waals surface area contributed by atoms with Crippen LogP contribution in [0.4, 0.5) is 15.8 Å². The third-order valence-electron chi connectivity index (χ3n) is 7.43. The highest BCUT2D eigenvalue weighted by Gasteiger charge is 2.37. The van der Waals surface area contributed by atoms with Crippen LogP contribution in [0.5, 0.6) is 0 Å². The number of rotatable bonds is 9. The molecule has 13 nitrogen and oxygen atoms in total. The molecule has 2 heterocycles. The SMILES string of the molecule is COCC(=O)N(C)c1cccc2c1CCN(C(=O)/C=C/c1c(-n3cnnn3)ccc(Cl)c1F)[C@@H]2C(=O)Nc1ccc(C(=O)O)cc1. The van der Waals surface area contributed by atoms with Gasteiger partial charge < -0.3 is 25.0 Å². The molecule has 1 aromatic heterocycles. The first kappa shape index (κ1) is 31.9. The van der Waals surface area contributed by atoms with Crippen molar-refractivity contribution in [2.75, 3.05) is 37.5 Å². The van der Waals surface area contributed by atoms with Gasteiger partial charge >= 0.3 is 5.97 Å². The number of ether oxygens (including phenoxy) is 1. The molecule has 1 aliphatic heterocycles. The predicted molar refractivity (Wildman–Crippen MR) is 165 cm³/mol. The number of hydrogen-bond acceptors (Lipinski definition) is 8. The lowest BCUT2D eigenvalue weighted by Gasteiger charge is -2.37. The van der Waals surface area contributed by atoms with Crippen LogP contribution in [-0.2, 0) is 25.5 Å². The monoisotopic (exact) mass is 647 g/mol. The number of aromatic carboxylic acids is 1. The van der Waals surface area contributed by atoms with Gasteiger partial charge in [0.1, 0.15) is 19.0 Å². The molecule has 46 heavy (non-hydrogen) atoms. The number of carboxylic acids is 1. The zero-order valence-corrected chi connectivity index (χ0v) is 25.3. The molecule has 0 bridgehead atoms. The number of nitrogens with zero attached hydrogens (tertiary/aromatic N) is 6. The van der Waals surface area contributed by atoms with E-state index in [9.17, 15) is 24.3 Å². The molecule has 0 unspecified atom stereocenters. The molecule has 1 aliphatic rings. The molecule has 3 amide bonds. The standard InChI is InChI=1S/C31H27ClFN7O6/c1-38(27(42)16-46-2)24-5-3-4-21-20(24)14-15-39(29(21)30(43)35-19-8-6-18(7-9-19)31(44)45)26(41)13-10-22-25(40-17-34-36-37-40)12-11-23(32)28(22)33/h3-13,17,29H,14-16H2,1-2H3,(H,35,43)(H,44,45)/b13-10+/t29-/m0/s1. The van der Waals surface area contributed by atoms with Crippen LogP contribution in [0, 0.1) is 5.82 Å². The highest BCUT2D eigenvalue weighted by atomic mass is 35.5. The minimum atomic E-state index is -1.17. The molecule has 5 rings (SSSR count). The van der Waals surface area contributed by atoms with Crippen LogP contribution < -0.4 is 10.2 Å². The van der Waals surface area contributed by atoms with E-state index >= 15 is 4.39 Å². The summed E-state index contributed by atoms with van der Waals surface area (Å²) in [7, 11) is 3.01. The van der Waals surface area contributed by atoms with Crippen molar-refractivity contribution in [1.82, 2.24) is 25.1 Å². The van der Waals surface area contributed by atoms with E-state index in [1.54, 1.807) is 25.2 Å². The largest absolute Gasteiger partial charge is 0.478 e. The molecular formula is C31H27ClFN7O6. The van der Waals surface area contributed by atoms with Gasteiger partial charge in [-0.05, 0) is 76.5 Å². The topological polar surface area (TPSA) is 160 Å². The van der Waals surface area contributed by atoms with Crippen LogP contribution in [0.2, 0.25) is 5.02 Å². The van der Waals surface area contributed by atoms with E-state index < -0.39 is 29.6 Å². The minimum absolute atomic E-state index is 0.0330. The summed E-state index contributed by atoms with van der Waals surface area (Å²) in [4.78, 5) is 54.4. The first-order valence-electron chi connectivity index (χ1n) is 13.8. The number of carbonyl (C=O) groups excluding carboxylic acids is 3. The van der Waals surface area contributed by atoms with Gasteiger partial charge in [-0.25, -0.2) is 9.18 Å². The quantitative estimate of drug-likeness (QED) is 0.259. The number of tetrazole rings is 1. The summed E-state index contributed by atoms with van der Waals surface area (Å²) in [5.41, 5.74) is 2.23. The molecule has 2 N–H and O–H groups in total. The number of nitrogens with one attached hydrogen (secondary N) is 1. The number of carboxylic acid groups (broad SMARTS) is 1. The van der Waals surface area contributed by atoms with Gasteiger partial charge in [0.05, 0.1) is 16.3 Å². The Labute approximate surface area is 266 Å². The fourth-order valence-corrected chi connectivity index (χ4v) is 5.35. The lowest BCUT2D eigenvalue weighted by molar-refractivity contribution is -0.135. The fourth-order valence-electron chi connectivity index (χ4n) is 5.18. The number of carbonyl (C=O) groups is 4. The van der Waals surface area contributed by atoms with E-state index in [0.29, 0.717) is 28.9 Å². The molecular weight excluding hydrogens is 621 g/mol. The van der Waals surface area contributed by atoms with E-state index in [1.165, 1.54) is 70.4 Å². The Morgan fingerprint density at radius 3 is 2.59 bits per heavy atom. The van der Waals surface area contributed by atoms with Crippen LogP contribution in [0.3, 0.4) is 0 Å². The Balaban J connectivity index is 1.53. The van der Waals surface area contributed by atoms with Crippen molar-refractivity contribution in [3.05, 3.63) is 100 Å². The number of anilines is 2. The fraction of sp³-hybridized carbons (Fsp3) is 0.194. The summed E-state index contributed by atoms with van der Waals surface area (Å²) < 4.78 is 21.4. The van der Waals surface area contributed by atoms with E-state index in [0.717, 1.165) is 6.08 Å². The summed E-state index contributed by atoms with van der Waals surface area (Å²) in [5, 5.41) is 22.7. The second kappa shape index (κ2) is 13.7. The van der Waals surface area contributed by atoms with Crippen molar-refractivity contribution < 1.29 is 33.4 Å². The van der Waals surface area contributed by atoms with Crippen molar-refractivity contribution >= 4 is 52.7 Å². The Morgan fingerprint density at radius 2 is 1.91 bits per heavy atom. The van der Waals surface area contributed by atoms with Gasteiger partial charge in [-0.3, -0.25) is 14.4 Å². The molecule has 236 valence electrons. The predicted octanol–water partition coefficient (Wildman–Crippen LogP) is 3.54. The minimum Gasteiger partial charge on any atom is -0.478 e. The van der Waals surface area contributed by atoms with Crippen molar-refractivity contribution in [1.29, 1.82) is 0 Å². The zero-order chi connectivity index (χ0) is 33.0. The molecule has 0 radical (unpaired) electrons. The normalized spacial score (nSPS) is 14.2. The van der Waals surface area contributed by atoms with Crippen LogP contribution >= 0.6 is 11.6 Å². The third-order valence-corrected chi connectivity index (χ3v) is 7.72. The Hall–Kier alpha value is -5.47. The Kier molecular flexibility index (Phi) is 9.49. The lowest BCUT2D eigenvalue weighted by atomic mass is 9.90. The van der Waals surface area contributed by atoms with Crippen molar-refractivity contribution in [2.45, 2.75) is 12.5 Å². The molecule has 0 fully saturated rings. The molecule has 0 saturated heterocycles. The molecule has 3 aromatic carbocycles. The second-order valence-corrected chi connectivity index (χ2v) is 10.6. The number of amides is 3. The summed E-state index contributed by atoms with van der Waals surface area (Å²) >= 11 is 6.03. The molecule has 1 atom stereocenters. The number of fused-ring (bicyclic) bond motifs is 1. The van der Waals surface area contributed by atoms with Gasteiger partial charge in [0.25, 0.3) is 11.8 Å². The van der Waals surface area contributed by atoms with Crippen LogP contribution in [0.15, 0.2) is 67.0 Å². The van der Waals surface area contributed by atoms with Crippen molar-refractivity contribution in [3.63, 3.8) is 0 Å². The number of hydrogen-bond donors (Lipinski definition) is 2. The lowest BCUT2D eigenvalue weighted by Crippen LogP contribution is -2.45. The van der Waals surface area contributed by atoms with Crippen molar-refractivity contribution in [2.24, 2.45) is 0 Å². The summed E-state index contributed by atoms with van der Waals surface area (Å²) in [5.74, 6) is -3.42. The number of likely N-dealkylation sites (N-methyl/N-ethyl adjacent to an activating group) is 1. The van der Waals surface area contributed by atoms with Crippen LogP contribution in [-0.4, -0.2) is 81.2 Å². The molecule has 0 saturated carbocycles. The van der Waals surface area contributed by atoms with E-state index in [1.807, 2.05) is 0 Å². The molecule has 0 spiro atoms. The summed E-state index contributed by atoms with van der Waals surface area (Å²) in [6.07, 6.45) is 3.93. The van der Waals surface area contributed by atoms with E-state index in [4.69, 9.17) is 16.3 Å². The number of benzene rings is 3. The maximum absolute atomic E-state index is 15.2. The van der Waals surface area contributed by atoms with Crippen LogP contribution in [0.1, 0.15) is 33.1 Å². The molecule has 0 aliphatic carbocycles. The first-order valence-corrected chi connectivity index (χ1v) is 14.2. The zero-order valence-electron chi connectivity index (χ0n) is 24.6. The number of aromatic nitrogens is 4.